The van der Waals surface area contributed by atoms with E-state index < -0.39 is 5.54 Å². The van der Waals surface area contributed by atoms with Gasteiger partial charge in [0.15, 0.2) is 0 Å². The summed E-state index contributed by atoms with van der Waals surface area (Å²) in [6, 6.07) is 1.13. The van der Waals surface area contributed by atoms with E-state index in [0.717, 1.165) is 12.8 Å². The van der Waals surface area contributed by atoms with Crippen LogP contribution in [0.15, 0.2) is 4.99 Å². The van der Waals surface area contributed by atoms with Crippen molar-refractivity contribution in [3.8, 4) is 0 Å². The third kappa shape index (κ3) is 0.919. The molecule has 1 amide bonds. The first-order valence-corrected chi connectivity index (χ1v) is 5.28. The molecule has 3 aliphatic rings. The van der Waals surface area contributed by atoms with Crippen molar-refractivity contribution in [3.05, 3.63) is 0 Å². The fourth-order valence-corrected chi connectivity index (χ4v) is 3.14. The molecule has 2 atom stereocenters. The van der Waals surface area contributed by atoms with Gasteiger partial charge in [0.1, 0.15) is 5.54 Å². The molecule has 0 aromatic heterocycles. The highest BCUT2D eigenvalue weighted by molar-refractivity contribution is 6.00. The second kappa shape index (κ2) is 2.57. The molecule has 0 radical (unpaired) electrons. The molecule has 3 heterocycles. The van der Waals surface area contributed by atoms with Crippen molar-refractivity contribution in [2.24, 2.45) is 4.99 Å². The second-order valence-electron chi connectivity index (χ2n) is 4.72. The molecule has 0 aromatic carbocycles. The van der Waals surface area contributed by atoms with Crippen LogP contribution in [0.3, 0.4) is 0 Å². The van der Waals surface area contributed by atoms with Gasteiger partial charge in [-0.25, -0.2) is 0 Å². The number of piperidine rings is 1. The van der Waals surface area contributed by atoms with E-state index in [9.17, 15) is 4.79 Å². The first kappa shape index (κ1) is 8.41. The van der Waals surface area contributed by atoms with Crippen LogP contribution in [-0.2, 0) is 4.79 Å². The van der Waals surface area contributed by atoms with E-state index in [1.165, 1.54) is 12.8 Å². The predicted molar refractivity (Wildman–Crippen MR) is 53.2 cm³/mol. The standard InChI is InChI=1S/C10H15N3O/c1-13-7-2-3-8(13)5-10(4-7)9(14)11-6-12-10/h6-8H,2-5H2,1H3,(H,11,12,14). The van der Waals surface area contributed by atoms with Crippen molar-refractivity contribution in [1.29, 1.82) is 0 Å². The zero-order chi connectivity index (χ0) is 9.76. The largest absolute Gasteiger partial charge is 0.315 e. The summed E-state index contributed by atoms with van der Waals surface area (Å²) in [6.45, 7) is 0. The van der Waals surface area contributed by atoms with Gasteiger partial charge in [-0.3, -0.25) is 9.79 Å². The molecule has 0 aliphatic carbocycles. The minimum Gasteiger partial charge on any atom is -0.315 e. The number of nitrogens with one attached hydrogen (secondary N) is 1. The lowest BCUT2D eigenvalue weighted by Gasteiger charge is -2.39. The highest BCUT2D eigenvalue weighted by Crippen LogP contribution is 2.42. The minimum atomic E-state index is -0.404. The maximum absolute atomic E-state index is 11.7. The summed E-state index contributed by atoms with van der Waals surface area (Å²) in [4.78, 5) is 18.5. The van der Waals surface area contributed by atoms with Crippen LogP contribution in [0.5, 0.6) is 0 Å². The number of amides is 1. The maximum atomic E-state index is 11.7. The third-order valence-electron chi connectivity index (χ3n) is 4.06. The van der Waals surface area contributed by atoms with E-state index in [-0.39, 0.29) is 5.91 Å². The van der Waals surface area contributed by atoms with Gasteiger partial charge in [-0.1, -0.05) is 0 Å². The van der Waals surface area contributed by atoms with Crippen molar-refractivity contribution in [2.75, 3.05) is 7.05 Å². The topological polar surface area (TPSA) is 44.7 Å². The fourth-order valence-electron chi connectivity index (χ4n) is 3.14. The number of nitrogens with zero attached hydrogens (tertiary/aromatic N) is 2. The van der Waals surface area contributed by atoms with Crippen LogP contribution >= 0.6 is 0 Å². The Morgan fingerprint density at radius 2 is 2.14 bits per heavy atom. The molecule has 76 valence electrons. The molecule has 1 N–H and O–H groups in total. The molecule has 0 aromatic rings. The quantitative estimate of drug-likeness (QED) is 0.594. The molecule has 14 heavy (non-hydrogen) atoms. The number of hydrogen-bond donors (Lipinski definition) is 1. The van der Waals surface area contributed by atoms with Gasteiger partial charge >= 0.3 is 0 Å². The molecular formula is C10H15N3O. The zero-order valence-corrected chi connectivity index (χ0v) is 8.36. The maximum Gasteiger partial charge on any atom is 0.253 e. The Kier molecular flexibility index (Phi) is 1.54. The van der Waals surface area contributed by atoms with Crippen molar-refractivity contribution < 1.29 is 4.79 Å². The highest BCUT2D eigenvalue weighted by atomic mass is 16.2. The van der Waals surface area contributed by atoms with E-state index in [0.29, 0.717) is 12.1 Å². The number of rotatable bonds is 0. The first-order chi connectivity index (χ1) is 6.71. The van der Waals surface area contributed by atoms with Crippen molar-refractivity contribution in [3.63, 3.8) is 0 Å². The van der Waals surface area contributed by atoms with Crippen LogP contribution in [0.25, 0.3) is 0 Å². The number of carbonyl (C=O) groups is 1. The average molecular weight is 193 g/mol. The Balaban J connectivity index is 1.92. The van der Waals surface area contributed by atoms with Crippen molar-refractivity contribution in [1.82, 2.24) is 10.2 Å². The molecule has 2 unspecified atom stereocenters. The average Bonchev–Trinajstić information content (AvgIpc) is 2.60. The Morgan fingerprint density at radius 3 is 2.64 bits per heavy atom. The lowest BCUT2D eigenvalue weighted by Crippen LogP contribution is -2.52. The van der Waals surface area contributed by atoms with Crippen molar-refractivity contribution >= 4 is 12.2 Å². The normalized spacial score (nSPS) is 46.2. The molecule has 2 bridgehead atoms. The lowest BCUT2D eigenvalue weighted by molar-refractivity contribution is -0.126. The van der Waals surface area contributed by atoms with Gasteiger partial charge in [0.2, 0.25) is 0 Å². The van der Waals surface area contributed by atoms with Gasteiger partial charge in [0.25, 0.3) is 5.91 Å². The molecule has 4 nitrogen and oxygen atoms in total. The molecule has 3 rings (SSSR count). The van der Waals surface area contributed by atoms with Crippen LogP contribution in [-0.4, -0.2) is 41.8 Å². The van der Waals surface area contributed by atoms with E-state index in [4.69, 9.17) is 0 Å². The summed E-state index contributed by atoms with van der Waals surface area (Å²) >= 11 is 0. The monoisotopic (exact) mass is 193 g/mol. The third-order valence-corrected chi connectivity index (χ3v) is 4.06. The lowest BCUT2D eigenvalue weighted by atomic mass is 9.83. The Hall–Kier alpha value is -0.900. The van der Waals surface area contributed by atoms with Crippen LogP contribution < -0.4 is 5.32 Å². The summed E-state index contributed by atoms with van der Waals surface area (Å²) in [5.41, 5.74) is -0.404. The van der Waals surface area contributed by atoms with E-state index in [1.54, 1.807) is 6.34 Å². The molecule has 0 saturated carbocycles. The van der Waals surface area contributed by atoms with Crippen LogP contribution in [0.2, 0.25) is 0 Å². The summed E-state index contributed by atoms with van der Waals surface area (Å²) in [7, 11) is 2.17. The Labute approximate surface area is 83.4 Å². The first-order valence-electron chi connectivity index (χ1n) is 5.28. The van der Waals surface area contributed by atoms with Crippen LogP contribution in [0, 0.1) is 0 Å². The molecule has 1 spiro atoms. The Bertz CT molecular complexity index is 298. The number of hydrogen-bond acceptors (Lipinski definition) is 3. The highest BCUT2D eigenvalue weighted by Gasteiger charge is 2.52. The van der Waals surface area contributed by atoms with Crippen LogP contribution in [0.4, 0.5) is 0 Å². The van der Waals surface area contributed by atoms with Crippen LogP contribution in [0.1, 0.15) is 25.7 Å². The van der Waals surface area contributed by atoms with E-state index in [1.807, 2.05) is 0 Å². The summed E-state index contributed by atoms with van der Waals surface area (Å²) in [5, 5.41) is 2.71. The molecular weight excluding hydrogens is 178 g/mol. The van der Waals surface area contributed by atoms with Gasteiger partial charge in [-0.2, -0.15) is 0 Å². The zero-order valence-electron chi connectivity index (χ0n) is 8.36. The van der Waals surface area contributed by atoms with Gasteiger partial charge in [-0.05, 0) is 32.7 Å². The SMILES string of the molecule is CN1C2CCC1CC1(C2)N=CNC1=O. The fraction of sp³-hybridized carbons (Fsp3) is 0.800. The van der Waals surface area contributed by atoms with Gasteiger partial charge < -0.3 is 10.2 Å². The minimum absolute atomic E-state index is 0.113. The summed E-state index contributed by atoms with van der Waals surface area (Å²) in [6.07, 6.45) is 5.84. The van der Waals surface area contributed by atoms with Gasteiger partial charge in [-0.15, -0.1) is 0 Å². The van der Waals surface area contributed by atoms with Gasteiger partial charge in [0.05, 0.1) is 6.34 Å². The predicted octanol–water partition coefficient (Wildman–Crippen LogP) is 0.140. The summed E-state index contributed by atoms with van der Waals surface area (Å²) in [5.74, 6) is 0.113. The Morgan fingerprint density at radius 1 is 1.50 bits per heavy atom. The molecule has 4 heteroatoms. The molecule has 2 saturated heterocycles. The van der Waals surface area contributed by atoms with Crippen molar-refractivity contribution in [2.45, 2.75) is 43.3 Å². The number of carbonyl (C=O) groups excluding carboxylic acids is 1. The number of fused-ring (bicyclic) bond motifs is 2. The second-order valence-corrected chi connectivity index (χ2v) is 4.72. The summed E-state index contributed by atoms with van der Waals surface area (Å²) < 4.78 is 0. The molecule has 2 fully saturated rings. The number of aliphatic imine (C=N–C) groups is 1. The van der Waals surface area contributed by atoms with E-state index >= 15 is 0 Å². The molecule has 3 aliphatic heterocycles. The smallest absolute Gasteiger partial charge is 0.253 e. The van der Waals surface area contributed by atoms with E-state index in [2.05, 4.69) is 22.3 Å². The van der Waals surface area contributed by atoms with Gasteiger partial charge in [0, 0.05) is 12.1 Å².